The molecule has 0 aliphatic heterocycles. The van der Waals surface area contributed by atoms with Gasteiger partial charge in [0.15, 0.2) is 9.84 Å². The van der Waals surface area contributed by atoms with Crippen LogP contribution in [0.25, 0.3) is 11.1 Å². The number of nitrogens with zero attached hydrogens (tertiary/aromatic N) is 1. The van der Waals surface area contributed by atoms with Crippen molar-refractivity contribution in [2.45, 2.75) is 24.2 Å². The molecule has 1 heterocycles. The fourth-order valence-electron chi connectivity index (χ4n) is 3.47. The molecule has 24 heavy (non-hydrogen) atoms. The average Bonchev–Trinajstić information content (AvgIpc) is 2.96. The van der Waals surface area contributed by atoms with E-state index in [-0.39, 0.29) is 10.3 Å². The molecule has 1 aromatic heterocycles. The molecule has 0 bridgehead atoms. The van der Waals surface area contributed by atoms with E-state index in [9.17, 15) is 8.42 Å². The minimum Gasteiger partial charge on any atom is -0.255 e. The van der Waals surface area contributed by atoms with E-state index in [4.69, 9.17) is 0 Å². The molecular formula is C20H19NO2S. The molecule has 0 N–H and O–H groups in total. The summed E-state index contributed by atoms with van der Waals surface area (Å²) < 4.78 is 23.3. The van der Waals surface area contributed by atoms with Gasteiger partial charge in [-0.15, -0.1) is 0 Å². The Kier molecular flexibility index (Phi) is 3.46. The third kappa shape index (κ3) is 2.61. The van der Waals surface area contributed by atoms with E-state index >= 15 is 0 Å². The van der Waals surface area contributed by atoms with E-state index in [0.29, 0.717) is 0 Å². The van der Waals surface area contributed by atoms with Crippen LogP contribution in [0.5, 0.6) is 0 Å². The highest BCUT2D eigenvalue weighted by atomic mass is 32.2. The van der Waals surface area contributed by atoms with Crippen molar-refractivity contribution < 1.29 is 8.42 Å². The van der Waals surface area contributed by atoms with Crippen LogP contribution in [0.2, 0.25) is 0 Å². The summed E-state index contributed by atoms with van der Waals surface area (Å²) in [5, 5.41) is 0. The maximum atomic E-state index is 11.6. The number of allylic oxidation sites excluding steroid dienone is 4. The zero-order valence-electron chi connectivity index (χ0n) is 13.6. The first-order valence-corrected chi connectivity index (χ1v) is 10.0. The van der Waals surface area contributed by atoms with E-state index in [1.54, 1.807) is 6.07 Å². The van der Waals surface area contributed by atoms with Crippen molar-refractivity contribution in [2.24, 2.45) is 5.41 Å². The topological polar surface area (TPSA) is 47.0 Å². The van der Waals surface area contributed by atoms with Crippen LogP contribution < -0.4 is 0 Å². The molecule has 0 amide bonds. The Bertz CT molecular complexity index is 935. The predicted molar refractivity (Wildman–Crippen MR) is 96.0 cm³/mol. The second-order valence-electron chi connectivity index (χ2n) is 6.72. The third-order valence-electron chi connectivity index (χ3n) is 4.96. The molecule has 1 aromatic carbocycles. The SMILES string of the molecule is CS(=O)(=O)c1ccc(C2=CC3(C=C2c2ccccc2)CCC3)nc1. The Morgan fingerprint density at radius 1 is 0.958 bits per heavy atom. The second kappa shape index (κ2) is 5.42. The molecule has 1 spiro atoms. The number of pyridine rings is 1. The van der Waals surface area contributed by atoms with Crippen LogP contribution in [0.3, 0.4) is 0 Å². The number of hydrogen-bond donors (Lipinski definition) is 0. The number of sulfone groups is 1. The van der Waals surface area contributed by atoms with Crippen molar-refractivity contribution in [3.63, 3.8) is 0 Å². The molecule has 2 aromatic rings. The Morgan fingerprint density at radius 3 is 2.21 bits per heavy atom. The molecule has 1 saturated carbocycles. The van der Waals surface area contributed by atoms with Gasteiger partial charge in [-0.3, -0.25) is 4.98 Å². The van der Waals surface area contributed by atoms with Gasteiger partial charge in [-0.05, 0) is 36.1 Å². The van der Waals surface area contributed by atoms with E-state index in [2.05, 4.69) is 29.3 Å². The van der Waals surface area contributed by atoms with Gasteiger partial charge in [0.05, 0.1) is 10.6 Å². The highest BCUT2D eigenvalue weighted by Gasteiger charge is 2.38. The van der Waals surface area contributed by atoms with Crippen LogP contribution in [-0.4, -0.2) is 19.7 Å². The first-order chi connectivity index (χ1) is 11.5. The smallest absolute Gasteiger partial charge is 0.177 e. The molecule has 4 rings (SSSR count). The van der Waals surface area contributed by atoms with Gasteiger partial charge < -0.3 is 0 Å². The van der Waals surface area contributed by atoms with Crippen LogP contribution >= 0.6 is 0 Å². The van der Waals surface area contributed by atoms with Gasteiger partial charge in [-0.2, -0.15) is 0 Å². The van der Waals surface area contributed by atoms with Gasteiger partial charge in [0, 0.05) is 23.4 Å². The lowest BCUT2D eigenvalue weighted by Crippen LogP contribution is -2.22. The maximum Gasteiger partial charge on any atom is 0.177 e. The molecule has 0 atom stereocenters. The highest BCUT2D eigenvalue weighted by molar-refractivity contribution is 7.90. The average molecular weight is 337 g/mol. The molecule has 0 unspecified atom stereocenters. The summed E-state index contributed by atoms with van der Waals surface area (Å²) in [6.45, 7) is 0. The summed E-state index contributed by atoms with van der Waals surface area (Å²) in [4.78, 5) is 4.70. The molecule has 122 valence electrons. The monoisotopic (exact) mass is 337 g/mol. The zero-order valence-corrected chi connectivity index (χ0v) is 14.4. The number of benzene rings is 1. The molecule has 3 nitrogen and oxygen atoms in total. The molecule has 0 saturated heterocycles. The van der Waals surface area contributed by atoms with Crippen molar-refractivity contribution in [1.29, 1.82) is 0 Å². The molecule has 2 aliphatic rings. The standard InChI is InChI=1S/C20H19NO2S/c1-24(22,23)16-8-9-19(21-14-16)18-13-20(10-5-11-20)12-17(18)15-6-3-2-4-7-15/h2-4,6-9,12-14H,5,10-11H2,1H3. The van der Waals surface area contributed by atoms with Gasteiger partial charge in [-0.25, -0.2) is 8.42 Å². The maximum absolute atomic E-state index is 11.6. The number of aromatic nitrogens is 1. The Morgan fingerprint density at radius 2 is 1.67 bits per heavy atom. The van der Waals surface area contributed by atoms with Crippen LogP contribution in [0.15, 0.2) is 65.7 Å². The van der Waals surface area contributed by atoms with Crippen molar-refractivity contribution in [1.82, 2.24) is 4.98 Å². The van der Waals surface area contributed by atoms with E-state index in [0.717, 1.165) is 11.3 Å². The first kappa shape index (κ1) is 15.3. The minimum absolute atomic E-state index is 0.164. The molecule has 0 radical (unpaired) electrons. The minimum atomic E-state index is -3.22. The summed E-state index contributed by atoms with van der Waals surface area (Å²) in [6, 6.07) is 13.8. The number of rotatable bonds is 3. The normalized spacial score (nSPS) is 18.9. The lowest BCUT2D eigenvalue weighted by molar-refractivity contribution is 0.282. The van der Waals surface area contributed by atoms with Crippen LogP contribution in [0.1, 0.15) is 30.5 Å². The van der Waals surface area contributed by atoms with Gasteiger partial charge in [0.1, 0.15) is 0 Å². The molecule has 2 aliphatic carbocycles. The van der Waals surface area contributed by atoms with E-state index in [1.807, 2.05) is 24.3 Å². The molecular weight excluding hydrogens is 318 g/mol. The zero-order chi connectivity index (χ0) is 16.8. The lowest BCUT2D eigenvalue weighted by Gasteiger charge is -2.34. The summed E-state index contributed by atoms with van der Waals surface area (Å²) in [6.07, 6.45) is 11.0. The first-order valence-electron chi connectivity index (χ1n) is 8.15. The third-order valence-corrected chi connectivity index (χ3v) is 6.06. The van der Waals surface area contributed by atoms with E-state index < -0.39 is 9.84 Å². The van der Waals surface area contributed by atoms with Crippen molar-refractivity contribution >= 4 is 21.0 Å². The van der Waals surface area contributed by atoms with Gasteiger partial charge in [-0.1, -0.05) is 48.9 Å². The molecule has 1 fully saturated rings. The Hall–Kier alpha value is -2.20. The Labute approximate surface area is 142 Å². The quantitative estimate of drug-likeness (QED) is 0.846. The summed E-state index contributed by atoms with van der Waals surface area (Å²) in [7, 11) is -3.22. The Balaban J connectivity index is 1.78. The predicted octanol–water partition coefficient (Wildman–Crippen LogP) is 4.14. The number of hydrogen-bond acceptors (Lipinski definition) is 3. The van der Waals surface area contributed by atoms with Crippen LogP contribution in [0.4, 0.5) is 0 Å². The van der Waals surface area contributed by atoms with Gasteiger partial charge in [0.2, 0.25) is 0 Å². The fourth-order valence-corrected chi connectivity index (χ4v) is 4.03. The summed E-state index contributed by atoms with van der Waals surface area (Å²) in [5.74, 6) is 0. The summed E-state index contributed by atoms with van der Waals surface area (Å²) in [5.41, 5.74) is 4.50. The summed E-state index contributed by atoms with van der Waals surface area (Å²) >= 11 is 0. The van der Waals surface area contributed by atoms with Crippen molar-refractivity contribution in [3.8, 4) is 0 Å². The molecule has 4 heteroatoms. The van der Waals surface area contributed by atoms with Crippen LogP contribution in [-0.2, 0) is 9.84 Å². The second-order valence-corrected chi connectivity index (χ2v) is 8.74. The van der Waals surface area contributed by atoms with Crippen molar-refractivity contribution in [3.05, 3.63) is 72.1 Å². The fraction of sp³-hybridized carbons (Fsp3) is 0.250. The highest BCUT2D eigenvalue weighted by Crippen LogP contribution is 2.53. The lowest BCUT2D eigenvalue weighted by atomic mass is 9.70. The largest absolute Gasteiger partial charge is 0.255 e. The van der Waals surface area contributed by atoms with Gasteiger partial charge in [0.25, 0.3) is 0 Å². The van der Waals surface area contributed by atoms with Gasteiger partial charge >= 0.3 is 0 Å². The van der Waals surface area contributed by atoms with Crippen LogP contribution in [0, 0.1) is 5.41 Å². The van der Waals surface area contributed by atoms with Crippen molar-refractivity contribution in [2.75, 3.05) is 6.26 Å². The van der Waals surface area contributed by atoms with E-state index in [1.165, 1.54) is 42.9 Å².